The quantitative estimate of drug-likeness (QED) is 0.808. The second kappa shape index (κ2) is 6.52. The van der Waals surface area contributed by atoms with Gasteiger partial charge in [0.2, 0.25) is 0 Å². The van der Waals surface area contributed by atoms with Crippen molar-refractivity contribution in [1.29, 1.82) is 0 Å². The van der Waals surface area contributed by atoms with Gasteiger partial charge in [0.15, 0.2) is 6.04 Å². The number of ether oxygens (including phenoxy) is 2. The number of benzene rings is 1. The van der Waals surface area contributed by atoms with E-state index in [9.17, 15) is 9.59 Å². The molecule has 17 heavy (non-hydrogen) atoms. The van der Waals surface area contributed by atoms with Crippen molar-refractivity contribution in [2.45, 2.75) is 13.0 Å². The molecule has 0 heterocycles. The Kier molecular flexibility index (Phi) is 5.00. The summed E-state index contributed by atoms with van der Waals surface area (Å²) in [6, 6.07) is 7.99. The van der Waals surface area contributed by atoms with Gasteiger partial charge in [0.1, 0.15) is 0 Å². The highest BCUT2D eigenvalue weighted by molar-refractivity contribution is 5.82. The van der Waals surface area contributed by atoms with Gasteiger partial charge in [0.05, 0.1) is 13.7 Å². The molecule has 0 aromatic heterocycles. The van der Waals surface area contributed by atoms with E-state index in [4.69, 9.17) is 4.74 Å². The van der Waals surface area contributed by atoms with Gasteiger partial charge < -0.3 is 14.8 Å². The number of carbonyl (C=O) groups excluding carboxylic acids is 2. The molecule has 1 aromatic rings. The van der Waals surface area contributed by atoms with Crippen molar-refractivity contribution in [2.75, 3.05) is 13.7 Å². The van der Waals surface area contributed by atoms with E-state index in [1.54, 1.807) is 31.2 Å². The van der Waals surface area contributed by atoms with Crippen LogP contribution in [-0.2, 0) is 14.3 Å². The summed E-state index contributed by atoms with van der Waals surface area (Å²) < 4.78 is 9.37. The van der Waals surface area contributed by atoms with Gasteiger partial charge in [-0.1, -0.05) is 30.3 Å². The number of amides is 1. The molecule has 0 spiro atoms. The van der Waals surface area contributed by atoms with Crippen molar-refractivity contribution < 1.29 is 19.1 Å². The zero-order valence-electron chi connectivity index (χ0n) is 9.80. The second-order valence-corrected chi connectivity index (χ2v) is 3.23. The Morgan fingerprint density at radius 2 is 1.94 bits per heavy atom. The summed E-state index contributed by atoms with van der Waals surface area (Å²) in [7, 11) is 1.27. The zero-order chi connectivity index (χ0) is 12.7. The molecule has 1 aromatic carbocycles. The number of rotatable bonds is 4. The molecule has 0 bridgehead atoms. The van der Waals surface area contributed by atoms with E-state index in [0.29, 0.717) is 5.56 Å². The number of hydrogen-bond donors (Lipinski definition) is 1. The smallest absolute Gasteiger partial charge is 0.408 e. The first-order valence-electron chi connectivity index (χ1n) is 5.25. The van der Waals surface area contributed by atoms with E-state index in [0.717, 1.165) is 0 Å². The fraction of sp³-hybridized carbons (Fsp3) is 0.333. The lowest BCUT2D eigenvalue weighted by Gasteiger charge is -2.16. The van der Waals surface area contributed by atoms with Crippen molar-refractivity contribution in [3.8, 4) is 0 Å². The normalized spacial score (nSPS) is 11.4. The van der Waals surface area contributed by atoms with Crippen LogP contribution in [0.2, 0.25) is 0 Å². The minimum atomic E-state index is -0.847. The number of hydrogen-bond acceptors (Lipinski definition) is 4. The lowest BCUT2D eigenvalue weighted by atomic mass is 10.1. The Morgan fingerprint density at radius 3 is 2.47 bits per heavy atom. The fourth-order valence-corrected chi connectivity index (χ4v) is 1.33. The molecule has 0 fully saturated rings. The highest BCUT2D eigenvalue weighted by Crippen LogP contribution is 2.14. The third-order valence-electron chi connectivity index (χ3n) is 2.11. The maximum atomic E-state index is 11.6. The standard InChI is InChI=1S/C12H15NO4/c1-3-17-12(15)13-10(11(14)16-2)9-7-5-4-6-8-9/h4-8,10H,3H2,1-2H3,(H,13,15)/t10-/m0/s1. The van der Waals surface area contributed by atoms with E-state index in [1.807, 2.05) is 6.07 Å². The van der Waals surface area contributed by atoms with Gasteiger partial charge >= 0.3 is 12.1 Å². The highest BCUT2D eigenvalue weighted by atomic mass is 16.6. The third kappa shape index (κ3) is 3.79. The van der Waals surface area contributed by atoms with Crippen LogP contribution in [-0.4, -0.2) is 25.8 Å². The minimum Gasteiger partial charge on any atom is -0.467 e. The Balaban J connectivity index is 2.82. The average Bonchev–Trinajstić information content (AvgIpc) is 2.36. The average molecular weight is 237 g/mol. The molecule has 0 aliphatic rings. The zero-order valence-corrected chi connectivity index (χ0v) is 9.80. The lowest BCUT2D eigenvalue weighted by molar-refractivity contribution is -0.143. The van der Waals surface area contributed by atoms with Crippen molar-refractivity contribution in [3.63, 3.8) is 0 Å². The molecule has 0 aliphatic heterocycles. The predicted octanol–water partition coefficient (Wildman–Crippen LogP) is 1.65. The SMILES string of the molecule is CCOC(=O)N[C@H](C(=O)OC)c1ccccc1. The van der Waals surface area contributed by atoms with Gasteiger partial charge in [0.25, 0.3) is 0 Å². The molecule has 1 atom stereocenters. The Labute approximate surface area is 99.7 Å². The molecular formula is C12H15NO4. The molecule has 0 unspecified atom stereocenters. The van der Waals surface area contributed by atoms with Gasteiger partial charge in [-0.05, 0) is 12.5 Å². The maximum Gasteiger partial charge on any atom is 0.408 e. The molecule has 0 saturated carbocycles. The van der Waals surface area contributed by atoms with E-state index < -0.39 is 18.1 Å². The van der Waals surface area contributed by atoms with Crippen molar-refractivity contribution in [3.05, 3.63) is 35.9 Å². The van der Waals surface area contributed by atoms with Crippen LogP contribution in [0.15, 0.2) is 30.3 Å². The molecule has 0 saturated heterocycles. The van der Waals surface area contributed by atoms with Crippen LogP contribution in [0.4, 0.5) is 4.79 Å². The van der Waals surface area contributed by atoms with Gasteiger partial charge in [-0.2, -0.15) is 0 Å². The van der Waals surface area contributed by atoms with Crippen LogP contribution in [0.25, 0.3) is 0 Å². The van der Waals surface area contributed by atoms with Crippen LogP contribution in [0.3, 0.4) is 0 Å². The number of alkyl carbamates (subject to hydrolysis) is 1. The predicted molar refractivity (Wildman–Crippen MR) is 61.4 cm³/mol. The largest absolute Gasteiger partial charge is 0.467 e. The molecule has 1 rings (SSSR count). The van der Waals surface area contributed by atoms with Gasteiger partial charge in [-0.25, -0.2) is 9.59 Å². The number of nitrogens with one attached hydrogen (secondary N) is 1. The van der Waals surface area contributed by atoms with Crippen LogP contribution in [0, 0.1) is 0 Å². The maximum absolute atomic E-state index is 11.6. The molecule has 92 valence electrons. The van der Waals surface area contributed by atoms with E-state index in [2.05, 4.69) is 10.1 Å². The Morgan fingerprint density at radius 1 is 1.29 bits per heavy atom. The number of esters is 1. The van der Waals surface area contributed by atoms with Crippen LogP contribution < -0.4 is 5.32 Å². The monoisotopic (exact) mass is 237 g/mol. The van der Waals surface area contributed by atoms with E-state index in [1.165, 1.54) is 7.11 Å². The van der Waals surface area contributed by atoms with Crippen LogP contribution in [0.1, 0.15) is 18.5 Å². The molecule has 0 radical (unpaired) electrons. The summed E-state index contributed by atoms with van der Waals surface area (Å²) in [6.45, 7) is 1.93. The Bertz CT molecular complexity index is 377. The third-order valence-corrected chi connectivity index (χ3v) is 2.11. The summed E-state index contributed by atoms with van der Waals surface area (Å²) in [5.41, 5.74) is 0.646. The highest BCUT2D eigenvalue weighted by Gasteiger charge is 2.23. The molecule has 0 aliphatic carbocycles. The summed E-state index contributed by atoms with van der Waals surface area (Å²) in [6.07, 6.45) is -0.647. The molecular weight excluding hydrogens is 222 g/mol. The van der Waals surface area contributed by atoms with Crippen LogP contribution in [0.5, 0.6) is 0 Å². The summed E-state index contributed by atoms with van der Waals surface area (Å²) >= 11 is 0. The summed E-state index contributed by atoms with van der Waals surface area (Å²) in [4.78, 5) is 22.9. The second-order valence-electron chi connectivity index (χ2n) is 3.23. The van der Waals surface area contributed by atoms with Crippen molar-refractivity contribution in [1.82, 2.24) is 5.32 Å². The van der Waals surface area contributed by atoms with E-state index in [-0.39, 0.29) is 6.61 Å². The van der Waals surface area contributed by atoms with Gasteiger partial charge in [0, 0.05) is 0 Å². The van der Waals surface area contributed by atoms with E-state index >= 15 is 0 Å². The first kappa shape index (κ1) is 13.0. The van der Waals surface area contributed by atoms with Crippen molar-refractivity contribution >= 4 is 12.1 Å². The molecule has 5 heteroatoms. The number of methoxy groups -OCH3 is 1. The Hall–Kier alpha value is -2.04. The summed E-state index contributed by atoms with van der Waals surface area (Å²) in [5, 5.41) is 2.45. The van der Waals surface area contributed by atoms with Gasteiger partial charge in [-0.15, -0.1) is 0 Å². The first-order chi connectivity index (χ1) is 8.19. The topological polar surface area (TPSA) is 64.6 Å². The molecule has 1 amide bonds. The first-order valence-corrected chi connectivity index (χ1v) is 5.25. The fourth-order valence-electron chi connectivity index (χ4n) is 1.33. The summed E-state index contributed by atoms with van der Waals surface area (Å²) in [5.74, 6) is -0.538. The number of carbonyl (C=O) groups is 2. The van der Waals surface area contributed by atoms with Gasteiger partial charge in [-0.3, -0.25) is 0 Å². The molecule has 5 nitrogen and oxygen atoms in total. The van der Waals surface area contributed by atoms with Crippen molar-refractivity contribution in [2.24, 2.45) is 0 Å². The van der Waals surface area contributed by atoms with Crippen LogP contribution >= 0.6 is 0 Å². The minimum absolute atomic E-state index is 0.245. The molecule has 1 N–H and O–H groups in total. The lowest BCUT2D eigenvalue weighted by Crippen LogP contribution is -2.34.